The Morgan fingerprint density at radius 2 is 2.06 bits per heavy atom. The molecule has 3 N–H and O–H groups in total. The van der Waals surface area contributed by atoms with E-state index in [1.54, 1.807) is 11.8 Å². The van der Waals surface area contributed by atoms with Crippen molar-refractivity contribution in [2.75, 3.05) is 23.0 Å². The largest absolute Gasteiger partial charge is 0.366 e. The summed E-state index contributed by atoms with van der Waals surface area (Å²) < 4.78 is 0. The van der Waals surface area contributed by atoms with Gasteiger partial charge < -0.3 is 5.73 Å². The zero-order valence-corrected chi connectivity index (χ0v) is 11.4. The molecule has 16 heavy (non-hydrogen) atoms. The van der Waals surface area contributed by atoms with E-state index in [0.717, 1.165) is 16.7 Å². The number of unbranched alkanes of at least 4 members (excludes halogenated alkanes) is 3. The minimum absolute atomic E-state index is 0.328. The Labute approximate surface area is 106 Å². The maximum absolute atomic E-state index is 5.41. The van der Waals surface area contributed by atoms with Gasteiger partial charge in [-0.25, -0.2) is 0 Å². The smallest absolute Gasteiger partial charge is 0.240 e. The van der Waals surface area contributed by atoms with Crippen LogP contribution in [0.1, 0.15) is 32.6 Å². The first-order valence-corrected chi connectivity index (χ1v) is 7.85. The fraction of sp³-hybridized carbons (Fsp3) is 0.800. The van der Waals surface area contributed by atoms with Crippen molar-refractivity contribution in [3.63, 3.8) is 0 Å². The second kappa shape index (κ2) is 8.75. The average molecular weight is 260 g/mol. The van der Waals surface area contributed by atoms with Crippen LogP contribution >= 0.6 is 23.5 Å². The van der Waals surface area contributed by atoms with Crippen LogP contribution in [0.15, 0.2) is 5.16 Å². The molecule has 0 spiro atoms. The first-order chi connectivity index (χ1) is 7.83. The molecule has 0 saturated heterocycles. The second-order valence-electron chi connectivity index (χ2n) is 3.52. The Bertz CT molecular complexity index is 278. The van der Waals surface area contributed by atoms with E-state index < -0.39 is 0 Å². The van der Waals surface area contributed by atoms with Crippen molar-refractivity contribution in [1.29, 1.82) is 0 Å². The number of hydrogen-bond acceptors (Lipinski definition) is 5. The highest BCUT2D eigenvalue weighted by atomic mass is 32.2. The molecule has 0 amide bonds. The number of anilines is 1. The molecule has 6 heteroatoms. The Hall–Kier alpha value is -0.360. The van der Waals surface area contributed by atoms with Crippen LogP contribution in [0.25, 0.3) is 0 Å². The molecule has 1 rings (SSSR count). The van der Waals surface area contributed by atoms with Crippen LogP contribution in [-0.4, -0.2) is 32.4 Å². The number of hydrogen-bond donors (Lipinski definition) is 2. The van der Waals surface area contributed by atoms with E-state index in [-0.39, 0.29) is 0 Å². The first-order valence-electron chi connectivity index (χ1n) is 5.71. The monoisotopic (exact) mass is 260 g/mol. The van der Waals surface area contributed by atoms with Gasteiger partial charge in [-0.2, -0.15) is 16.7 Å². The molecule has 0 radical (unpaired) electrons. The molecule has 1 aromatic rings. The van der Waals surface area contributed by atoms with Gasteiger partial charge in [-0.05, 0) is 12.2 Å². The molecule has 0 fully saturated rings. The summed E-state index contributed by atoms with van der Waals surface area (Å²) in [7, 11) is 0. The third-order valence-corrected chi connectivity index (χ3v) is 4.28. The number of nitrogens with two attached hydrogens (primary N) is 1. The van der Waals surface area contributed by atoms with Crippen molar-refractivity contribution in [2.45, 2.75) is 37.8 Å². The number of aromatic nitrogens is 3. The molecule has 4 nitrogen and oxygen atoms in total. The summed E-state index contributed by atoms with van der Waals surface area (Å²) in [6.45, 7) is 2.24. The molecule has 92 valence electrons. The molecule has 0 atom stereocenters. The number of nitrogen functional groups attached to an aromatic ring is 1. The van der Waals surface area contributed by atoms with Gasteiger partial charge in [0.1, 0.15) is 0 Å². The summed E-state index contributed by atoms with van der Waals surface area (Å²) in [6.07, 6.45) is 5.40. The summed E-state index contributed by atoms with van der Waals surface area (Å²) >= 11 is 3.70. The highest BCUT2D eigenvalue weighted by molar-refractivity contribution is 8.02. The predicted octanol–water partition coefficient (Wildman–Crippen LogP) is 2.79. The molecule has 1 heterocycles. The number of thioether (sulfide) groups is 2. The van der Waals surface area contributed by atoms with E-state index in [9.17, 15) is 0 Å². The van der Waals surface area contributed by atoms with Crippen LogP contribution in [0.4, 0.5) is 5.95 Å². The van der Waals surface area contributed by atoms with Crippen molar-refractivity contribution < 1.29 is 0 Å². The van der Waals surface area contributed by atoms with Crippen LogP contribution in [0.5, 0.6) is 0 Å². The minimum atomic E-state index is 0.328. The Morgan fingerprint density at radius 3 is 2.75 bits per heavy atom. The van der Waals surface area contributed by atoms with Crippen molar-refractivity contribution in [3.05, 3.63) is 0 Å². The zero-order chi connectivity index (χ0) is 11.6. The van der Waals surface area contributed by atoms with Crippen LogP contribution in [0, 0.1) is 0 Å². The van der Waals surface area contributed by atoms with E-state index in [1.165, 1.54) is 31.4 Å². The van der Waals surface area contributed by atoms with E-state index in [1.807, 2.05) is 11.8 Å². The van der Waals surface area contributed by atoms with E-state index in [2.05, 4.69) is 22.1 Å². The van der Waals surface area contributed by atoms with Crippen LogP contribution in [0.3, 0.4) is 0 Å². The molecular weight excluding hydrogens is 240 g/mol. The maximum Gasteiger partial charge on any atom is 0.240 e. The average Bonchev–Trinajstić information content (AvgIpc) is 2.68. The van der Waals surface area contributed by atoms with Gasteiger partial charge in [0.15, 0.2) is 5.16 Å². The molecule has 1 aromatic heterocycles. The third kappa shape index (κ3) is 6.27. The van der Waals surface area contributed by atoms with Crippen molar-refractivity contribution in [2.24, 2.45) is 0 Å². The summed E-state index contributed by atoms with van der Waals surface area (Å²) in [4.78, 5) is 4.03. The summed E-state index contributed by atoms with van der Waals surface area (Å²) in [5, 5.41) is 7.39. The van der Waals surface area contributed by atoms with E-state index in [0.29, 0.717) is 5.95 Å². The highest BCUT2D eigenvalue weighted by Gasteiger charge is 1.99. The van der Waals surface area contributed by atoms with Crippen molar-refractivity contribution in [3.8, 4) is 0 Å². The third-order valence-electron chi connectivity index (χ3n) is 2.09. The molecule has 0 unspecified atom stereocenters. The van der Waals surface area contributed by atoms with Gasteiger partial charge >= 0.3 is 0 Å². The summed E-state index contributed by atoms with van der Waals surface area (Å²) in [6, 6.07) is 0. The van der Waals surface area contributed by atoms with E-state index >= 15 is 0 Å². The van der Waals surface area contributed by atoms with Gasteiger partial charge in [0.2, 0.25) is 5.95 Å². The molecule has 0 saturated carbocycles. The quantitative estimate of drug-likeness (QED) is 0.528. The molecule has 0 bridgehead atoms. The summed E-state index contributed by atoms with van der Waals surface area (Å²) in [5.41, 5.74) is 5.41. The van der Waals surface area contributed by atoms with Gasteiger partial charge in [0.05, 0.1) is 0 Å². The molecule has 0 aliphatic heterocycles. The lowest BCUT2D eigenvalue weighted by Gasteiger charge is -2.00. The number of nitrogens with zero attached hydrogens (tertiary/aromatic N) is 2. The number of rotatable bonds is 9. The standard InChI is InChI=1S/C10H20N4S2/c1-2-3-4-5-6-15-7-8-16-10-12-9(11)13-14-10/h2-8H2,1H3,(H3,11,12,13,14). The summed E-state index contributed by atoms with van der Waals surface area (Å²) in [5.74, 6) is 3.83. The lowest BCUT2D eigenvalue weighted by Crippen LogP contribution is -1.89. The Balaban J connectivity index is 1.88. The molecule has 0 aliphatic rings. The van der Waals surface area contributed by atoms with Gasteiger partial charge in [-0.15, -0.1) is 5.10 Å². The van der Waals surface area contributed by atoms with Gasteiger partial charge in [-0.1, -0.05) is 37.9 Å². The lowest BCUT2D eigenvalue weighted by molar-refractivity contribution is 0.706. The number of nitrogens with one attached hydrogen (secondary N) is 1. The van der Waals surface area contributed by atoms with Crippen molar-refractivity contribution >= 4 is 29.5 Å². The molecule has 0 aromatic carbocycles. The Morgan fingerprint density at radius 1 is 1.19 bits per heavy atom. The fourth-order valence-electron chi connectivity index (χ4n) is 1.25. The minimum Gasteiger partial charge on any atom is -0.366 e. The number of aromatic amines is 1. The lowest BCUT2D eigenvalue weighted by atomic mass is 10.2. The Kier molecular flexibility index (Phi) is 7.50. The van der Waals surface area contributed by atoms with Gasteiger partial charge in [0, 0.05) is 11.5 Å². The first kappa shape index (κ1) is 13.7. The van der Waals surface area contributed by atoms with E-state index in [4.69, 9.17) is 5.73 Å². The van der Waals surface area contributed by atoms with Crippen molar-refractivity contribution in [1.82, 2.24) is 15.2 Å². The van der Waals surface area contributed by atoms with Crippen LogP contribution < -0.4 is 5.73 Å². The zero-order valence-electron chi connectivity index (χ0n) is 9.74. The number of H-pyrrole nitrogens is 1. The maximum atomic E-state index is 5.41. The van der Waals surface area contributed by atoms with Crippen LogP contribution in [0.2, 0.25) is 0 Å². The topological polar surface area (TPSA) is 67.6 Å². The fourth-order valence-corrected chi connectivity index (χ4v) is 3.13. The SMILES string of the molecule is CCCCCCSCCSc1nc(N)n[nH]1. The highest BCUT2D eigenvalue weighted by Crippen LogP contribution is 2.16. The molecular formula is C10H20N4S2. The van der Waals surface area contributed by atoms with Gasteiger partial charge in [-0.3, -0.25) is 5.10 Å². The normalized spacial score (nSPS) is 10.8. The predicted molar refractivity (Wildman–Crippen MR) is 73.0 cm³/mol. The van der Waals surface area contributed by atoms with Gasteiger partial charge in [0.25, 0.3) is 0 Å². The molecule has 0 aliphatic carbocycles. The second-order valence-corrected chi connectivity index (χ2v) is 5.83. The van der Waals surface area contributed by atoms with Crippen LogP contribution in [-0.2, 0) is 0 Å².